The van der Waals surface area contributed by atoms with Gasteiger partial charge in [-0.15, -0.1) is 0 Å². The molecule has 3 rings (SSSR count). The van der Waals surface area contributed by atoms with Crippen molar-refractivity contribution in [3.8, 4) is 11.9 Å². The van der Waals surface area contributed by atoms with Crippen molar-refractivity contribution < 1.29 is 4.74 Å². The fraction of sp³-hybridized carbons (Fsp3) is 0.412. The van der Waals surface area contributed by atoms with E-state index < -0.39 is 0 Å². The molecule has 1 aliphatic carbocycles. The standard InChI is InChI=1S/C17H18N2O/c1-12-6-8-15(9-7-12)20-17-14(11-18)10-13-4-2-3-5-16(13)19-17/h2-5,10,12,15H,6-9H2,1H3. The minimum atomic E-state index is 0.201. The zero-order valence-electron chi connectivity index (χ0n) is 11.7. The lowest BCUT2D eigenvalue weighted by Crippen LogP contribution is -2.23. The topological polar surface area (TPSA) is 45.9 Å². The second-order valence-electron chi connectivity index (χ2n) is 5.65. The average molecular weight is 266 g/mol. The Hall–Kier alpha value is -2.08. The summed E-state index contributed by atoms with van der Waals surface area (Å²) in [6.45, 7) is 2.28. The van der Waals surface area contributed by atoms with Crippen molar-refractivity contribution in [1.29, 1.82) is 5.26 Å². The summed E-state index contributed by atoms with van der Waals surface area (Å²) in [7, 11) is 0. The molecule has 0 atom stereocenters. The van der Waals surface area contributed by atoms with Gasteiger partial charge in [-0.2, -0.15) is 5.26 Å². The Bertz CT molecular complexity index is 652. The summed E-state index contributed by atoms with van der Waals surface area (Å²) in [5.74, 6) is 1.28. The highest BCUT2D eigenvalue weighted by atomic mass is 16.5. The Morgan fingerprint density at radius 2 is 1.95 bits per heavy atom. The molecule has 0 unspecified atom stereocenters. The van der Waals surface area contributed by atoms with E-state index in [0.29, 0.717) is 11.4 Å². The van der Waals surface area contributed by atoms with Crippen molar-refractivity contribution in [3.05, 3.63) is 35.9 Å². The molecule has 1 aromatic heterocycles. The number of fused-ring (bicyclic) bond motifs is 1. The van der Waals surface area contributed by atoms with E-state index in [1.807, 2.05) is 30.3 Å². The van der Waals surface area contributed by atoms with Gasteiger partial charge in [-0.1, -0.05) is 25.1 Å². The first-order valence-electron chi connectivity index (χ1n) is 7.23. The number of pyridine rings is 1. The zero-order valence-corrected chi connectivity index (χ0v) is 11.7. The van der Waals surface area contributed by atoms with Gasteiger partial charge in [0.2, 0.25) is 5.88 Å². The molecule has 102 valence electrons. The highest BCUT2D eigenvalue weighted by Crippen LogP contribution is 2.29. The molecule has 1 fully saturated rings. The van der Waals surface area contributed by atoms with Gasteiger partial charge >= 0.3 is 0 Å². The van der Waals surface area contributed by atoms with Crippen LogP contribution in [0.25, 0.3) is 10.9 Å². The molecule has 1 aromatic carbocycles. The molecule has 3 nitrogen and oxygen atoms in total. The third-order valence-electron chi connectivity index (χ3n) is 4.05. The van der Waals surface area contributed by atoms with Crippen molar-refractivity contribution in [1.82, 2.24) is 4.98 Å². The third kappa shape index (κ3) is 2.60. The van der Waals surface area contributed by atoms with Gasteiger partial charge in [-0.3, -0.25) is 0 Å². The number of nitrogens with zero attached hydrogens (tertiary/aromatic N) is 2. The van der Waals surface area contributed by atoms with Crippen molar-refractivity contribution in [3.63, 3.8) is 0 Å². The first-order chi connectivity index (χ1) is 9.76. The summed E-state index contributed by atoms with van der Waals surface area (Å²) < 4.78 is 6.00. The van der Waals surface area contributed by atoms with Gasteiger partial charge in [0.1, 0.15) is 17.7 Å². The maximum Gasteiger partial charge on any atom is 0.232 e. The maximum absolute atomic E-state index is 9.28. The van der Waals surface area contributed by atoms with Crippen LogP contribution >= 0.6 is 0 Å². The Balaban J connectivity index is 1.88. The molecule has 20 heavy (non-hydrogen) atoms. The molecule has 0 radical (unpaired) electrons. The fourth-order valence-electron chi connectivity index (χ4n) is 2.77. The predicted molar refractivity (Wildman–Crippen MR) is 78.5 cm³/mol. The third-order valence-corrected chi connectivity index (χ3v) is 4.05. The Labute approximate surface area is 119 Å². The highest BCUT2D eigenvalue weighted by Gasteiger charge is 2.21. The summed E-state index contributed by atoms with van der Waals surface area (Å²) in [5, 5.41) is 10.3. The molecule has 2 aromatic rings. The van der Waals surface area contributed by atoms with E-state index in [4.69, 9.17) is 4.74 Å². The number of ether oxygens (including phenoxy) is 1. The molecule has 0 amide bonds. The minimum absolute atomic E-state index is 0.201. The van der Waals surface area contributed by atoms with E-state index in [-0.39, 0.29) is 6.10 Å². The summed E-state index contributed by atoms with van der Waals surface area (Å²) in [6.07, 6.45) is 4.70. The van der Waals surface area contributed by atoms with E-state index >= 15 is 0 Å². The number of rotatable bonds is 2. The number of aromatic nitrogens is 1. The van der Waals surface area contributed by atoms with Crippen LogP contribution in [0.4, 0.5) is 0 Å². The van der Waals surface area contributed by atoms with Crippen molar-refractivity contribution in [2.75, 3.05) is 0 Å². The van der Waals surface area contributed by atoms with E-state index in [0.717, 1.165) is 29.7 Å². The van der Waals surface area contributed by atoms with Crippen LogP contribution in [0.2, 0.25) is 0 Å². The lowest BCUT2D eigenvalue weighted by molar-refractivity contribution is 0.130. The van der Waals surface area contributed by atoms with Crippen LogP contribution in [-0.4, -0.2) is 11.1 Å². The van der Waals surface area contributed by atoms with Crippen LogP contribution < -0.4 is 4.74 Å². The van der Waals surface area contributed by atoms with Gasteiger partial charge in [-0.25, -0.2) is 4.98 Å². The zero-order chi connectivity index (χ0) is 13.9. The van der Waals surface area contributed by atoms with Gasteiger partial charge in [0.15, 0.2) is 0 Å². The number of hydrogen-bond acceptors (Lipinski definition) is 3. The molecule has 0 saturated heterocycles. The average Bonchev–Trinajstić information content (AvgIpc) is 2.49. The molecule has 1 heterocycles. The highest BCUT2D eigenvalue weighted by molar-refractivity contribution is 5.80. The van der Waals surface area contributed by atoms with Crippen molar-refractivity contribution in [2.24, 2.45) is 5.92 Å². The van der Waals surface area contributed by atoms with Crippen LogP contribution in [0.5, 0.6) is 5.88 Å². The predicted octanol–water partition coefficient (Wildman–Crippen LogP) is 4.06. The van der Waals surface area contributed by atoms with Gasteiger partial charge in [0, 0.05) is 5.39 Å². The monoisotopic (exact) mass is 266 g/mol. The van der Waals surface area contributed by atoms with Gasteiger partial charge in [0.05, 0.1) is 5.52 Å². The lowest BCUT2D eigenvalue weighted by atomic mass is 9.89. The number of benzene rings is 1. The number of nitriles is 1. The lowest BCUT2D eigenvalue weighted by Gasteiger charge is -2.26. The van der Waals surface area contributed by atoms with E-state index in [9.17, 15) is 5.26 Å². The van der Waals surface area contributed by atoms with E-state index in [1.54, 1.807) is 0 Å². The maximum atomic E-state index is 9.28. The van der Waals surface area contributed by atoms with Crippen LogP contribution in [-0.2, 0) is 0 Å². The molecule has 0 spiro atoms. The Kier molecular flexibility index (Phi) is 3.56. The first kappa shape index (κ1) is 12.9. The summed E-state index contributed by atoms with van der Waals surface area (Å²) >= 11 is 0. The molecule has 0 N–H and O–H groups in total. The molecule has 1 saturated carbocycles. The SMILES string of the molecule is CC1CCC(Oc2nc3ccccc3cc2C#N)CC1. The molecule has 0 aliphatic heterocycles. The summed E-state index contributed by atoms with van der Waals surface area (Å²) in [4.78, 5) is 4.51. The Morgan fingerprint density at radius 1 is 1.20 bits per heavy atom. The second-order valence-corrected chi connectivity index (χ2v) is 5.65. The van der Waals surface area contributed by atoms with Gasteiger partial charge < -0.3 is 4.74 Å². The normalized spacial score (nSPS) is 22.4. The molecule has 1 aliphatic rings. The molecular formula is C17H18N2O. The van der Waals surface area contributed by atoms with E-state index in [2.05, 4.69) is 18.0 Å². The fourth-order valence-corrected chi connectivity index (χ4v) is 2.77. The first-order valence-corrected chi connectivity index (χ1v) is 7.23. The van der Waals surface area contributed by atoms with Crippen molar-refractivity contribution >= 4 is 10.9 Å². The largest absolute Gasteiger partial charge is 0.473 e. The molecular weight excluding hydrogens is 248 g/mol. The second kappa shape index (κ2) is 5.50. The van der Waals surface area contributed by atoms with Gasteiger partial charge in [0.25, 0.3) is 0 Å². The summed E-state index contributed by atoms with van der Waals surface area (Å²) in [6, 6.07) is 11.9. The molecule has 3 heteroatoms. The van der Waals surface area contributed by atoms with Crippen LogP contribution in [0.15, 0.2) is 30.3 Å². The van der Waals surface area contributed by atoms with E-state index in [1.165, 1.54) is 12.8 Å². The van der Waals surface area contributed by atoms with Crippen LogP contribution in [0, 0.1) is 17.2 Å². The Morgan fingerprint density at radius 3 is 2.70 bits per heavy atom. The quantitative estimate of drug-likeness (QED) is 0.823. The number of para-hydroxylation sites is 1. The smallest absolute Gasteiger partial charge is 0.232 e. The van der Waals surface area contributed by atoms with Crippen molar-refractivity contribution in [2.45, 2.75) is 38.7 Å². The summed E-state index contributed by atoms with van der Waals surface area (Å²) in [5.41, 5.74) is 1.41. The minimum Gasteiger partial charge on any atom is -0.473 e. The van der Waals surface area contributed by atoms with Crippen LogP contribution in [0.3, 0.4) is 0 Å². The molecule has 0 bridgehead atoms. The number of hydrogen-bond donors (Lipinski definition) is 0. The van der Waals surface area contributed by atoms with Gasteiger partial charge in [-0.05, 0) is 43.7 Å². The van der Waals surface area contributed by atoms with Crippen LogP contribution in [0.1, 0.15) is 38.2 Å².